The minimum atomic E-state index is -0.0752. The maximum atomic E-state index is 2.76. The van der Waals surface area contributed by atoms with Crippen LogP contribution < -0.4 is 20.6 Å². The van der Waals surface area contributed by atoms with Crippen molar-refractivity contribution < 1.29 is 0 Å². The van der Waals surface area contributed by atoms with E-state index in [1.54, 1.807) is 0 Å². The van der Waals surface area contributed by atoms with Crippen molar-refractivity contribution >= 4 is 57.0 Å². The number of hydrogen-bond acceptors (Lipinski definition) is 2. The summed E-state index contributed by atoms with van der Waals surface area (Å²) >= 11 is 0. The topological polar surface area (TPSA) is 6.48 Å². The minimum absolute atomic E-state index is 0.0333. The average Bonchev–Trinajstić information content (AvgIpc) is 3.32. The van der Waals surface area contributed by atoms with Crippen molar-refractivity contribution in [2.75, 3.05) is 9.71 Å². The van der Waals surface area contributed by atoms with Crippen molar-refractivity contribution in [2.45, 2.75) is 110 Å². The molecule has 3 heteroatoms. The van der Waals surface area contributed by atoms with Gasteiger partial charge in [-0.05, 0) is 175 Å². The summed E-state index contributed by atoms with van der Waals surface area (Å²) in [6.45, 7) is 22.1. The largest absolute Gasteiger partial charge is 0.376 e. The zero-order valence-corrected chi connectivity index (χ0v) is 40.3. The monoisotopic (exact) mass is 856 g/mol. The molecule has 0 amide bonds. The molecule has 0 bridgehead atoms. The molecule has 66 heavy (non-hydrogen) atoms. The van der Waals surface area contributed by atoms with Gasteiger partial charge in [-0.15, -0.1) is 0 Å². The van der Waals surface area contributed by atoms with E-state index < -0.39 is 0 Å². The lowest BCUT2D eigenvalue weighted by atomic mass is 9.42. The normalized spacial score (nSPS) is 17.9. The number of aryl methyl sites for hydroxylation is 1. The van der Waals surface area contributed by atoms with Crippen molar-refractivity contribution in [1.82, 2.24) is 0 Å². The molecule has 0 saturated heterocycles. The Balaban J connectivity index is 1.22. The van der Waals surface area contributed by atoms with Crippen LogP contribution >= 0.6 is 0 Å². The van der Waals surface area contributed by atoms with E-state index in [0.717, 1.165) is 12.8 Å². The van der Waals surface area contributed by atoms with Crippen LogP contribution in [0.4, 0.5) is 28.4 Å². The molecule has 8 aromatic carbocycles. The highest BCUT2D eigenvalue weighted by atomic mass is 15.2. The van der Waals surface area contributed by atoms with Gasteiger partial charge in [0.2, 0.25) is 0 Å². The lowest BCUT2D eigenvalue weighted by molar-refractivity contribution is 0.332. The standard InChI is InChI=1S/C63H61BN2/c1-40-34-44(42-20-14-11-15-21-42)26-29-55(40)65-57-39-53-51(61(4,5)31-33-63(53,8)9)37-54(57)64-58-49(35-45-22-16-17-23-47(45)59(58)65)48-36-50-52(62(6,7)32-30-60(50,2)3)38-56(48)66(64)46-27-24-43(25-28-46)41-18-12-10-13-19-41/h10-29,34-39H,30-33H2,1-9H3. The van der Waals surface area contributed by atoms with E-state index in [9.17, 15) is 0 Å². The highest BCUT2D eigenvalue weighted by Gasteiger charge is 2.49. The van der Waals surface area contributed by atoms with Gasteiger partial charge in [0.1, 0.15) is 0 Å². The van der Waals surface area contributed by atoms with Crippen molar-refractivity contribution in [3.63, 3.8) is 0 Å². The van der Waals surface area contributed by atoms with E-state index in [1.807, 2.05) is 0 Å². The van der Waals surface area contributed by atoms with Gasteiger partial charge in [-0.2, -0.15) is 0 Å². The van der Waals surface area contributed by atoms with Crippen LogP contribution in [0.3, 0.4) is 0 Å². The molecule has 0 fully saturated rings. The van der Waals surface area contributed by atoms with E-state index in [1.165, 1.54) is 124 Å². The summed E-state index contributed by atoms with van der Waals surface area (Å²) in [5.74, 6) is 0. The van der Waals surface area contributed by atoms with Crippen LogP contribution in [0.1, 0.15) is 109 Å². The number of rotatable bonds is 4. The van der Waals surface area contributed by atoms with Gasteiger partial charge >= 0.3 is 6.85 Å². The van der Waals surface area contributed by atoms with Gasteiger partial charge in [-0.25, -0.2) is 0 Å². The van der Waals surface area contributed by atoms with Crippen LogP contribution in [-0.4, -0.2) is 6.85 Å². The first kappa shape index (κ1) is 41.1. The zero-order valence-electron chi connectivity index (χ0n) is 40.3. The molecule has 0 N–H and O–H groups in total. The quantitative estimate of drug-likeness (QED) is 0.163. The first-order chi connectivity index (χ1) is 31.6. The number of fused-ring (bicyclic) bond motifs is 8. The maximum absolute atomic E-state index is 2.76. The third-order valence-corrected chi connectivity index (χ3v) is 16.7. The molecule has 8 aromatic rings. The second kappa shape index (κ2) is 14.3. The molecule has 2 aliphatic carbocycles. The summed E-state index contributed by atoms with van der Waals surface area (Å²) in [5.41, 5.74) is 24.2. The molecule has 0 unspecified atom stereocenters. The van der Waals surface area contributed by atoms with Crippen molar-refractivity contribution in [2.24, 2.45) is 0 Å². The second-order valence-electron chi connectivity index (χ2n) is 22.7. The van der Waals surface area contributed by atoms with Crippen LogP contribution in [0.5, 0.6) is 0 Å². The van der Waals surface area contributed by atoms with Crippen LogP contribution in [0.2, 0.25) is 0 Å². The van der Waals surface area contributed by atoms with E-state index in [-0.39, 0.29) is 28.5 Å². The molecule has 12 rings (SSSR count). The third-order valence-electron chi connectivity index (χ3n) is 16.7. The summed E-state index contributed by atoms with van der Waals surface area (Å²) in [4.78, 5) is 5.46. The van der Waals surface area contributed by atoms with Crippen molar-refractivity contribution in [3.05, 3.63) is 186 Å². The molecule has 4 aliphatic rings. The van der Waals surface area contributed by atoms with E-state index in [2.05, 4.69) is 230 Å². The zero-order chi connectivity index (χ0) is 45.5. The minimum Gasteiger partial charge on any atom is -0.376 e. The van der Waals surface area contributed by atoms with Gasteiger partial charge in [-0.1, -0.05) is 165 Å². The van der Waals surface area contributed by atoms with Gasteiger partial charge < -0.3 is 9.71 Å². The molecular formula is C63H61BN2. The van der Waals surface area contributed by atoms with Crippen molar-refractivity contribution in [3.8, 4) is 33.4 Å². The highest BCUT2D eigenvalue weighted by Crippen LogP contribution is 2.56. The Bertz CT molecular complexity index is 3260. The van der Waals surface area contributed by atoms with Crippen LogP contribution in [0.25, 0.3) is 44.2 Å². The Morgan fingerprint density at radius 3 is 1.53 bits per heavy atom. The molecule has 0 aromatic heterocycles. The highest BCUT2D eigenvalue weighted by molar-refractivity contribution is 6.94. The Kier molecular flexibility index (Phi) is 8.94. The van der Waals surface area contributed by atoms with Gasteiger partial charge in [-0.3, -0.25) is 0 Å². The fraction of sp³-hybridized carbons (Fsp3) is 0.270. The van der Waals surface area contributed by atoms with E-state index in [4.69, 9.17) is 0 Å². The Hall–Kier alpha value is -6.32. The van der Waals surface area contributed by atoms with E-state index >= 15 is 0 Å². The van der Waals surface area contributed by atoms with Crippen LogP contribution in [0, 0.1) is 6.92 Å². The Labute approximate surface area is 393 Å². The predicted molar refractivity (Wildman–Crippen MR) is 284 cm³/mol. The summed E-state index contributed by atoms with van der Waals surface area (Å²) in [7, 11) is 0. The number of hydrogen-bond donors (Lipinski definition) is 0. The number of nitrogens with zero attached hydrogens (tertiary/aromatic N) is 2. The fourth-order valence-electron chi connectivity index (χ4n) is 12.5. The number of anilines is 5. The second-order valence-corrected chi connectivity index (χ2v) is 22.7. The van der Waals surface area contributed by atoms with Gasteiger partial charge in [0.05, 0.1) is 5.69 Å². The molecule has 0 atom stereocenters. The smallest absolute Gasteiger partial charge is 0.333 e. The lowest BCUT2D eigenvalue weighted by Crippen LogP contribution is -2.62. The number of benzene rings is 8. The molecule has 0 spiro atoms. The SMILES string of the molecule is Cc1cc(-c2ccccc2)ccc1N1c2cc3c(cc2B2c4c(cc5ccccc5c41)-c1cc4c(cc1N2c1ccc(-c2ccccc2)cc1)C(C)(C)CCC4(C)C)C(C)(C)CCC3(C)C. The first-order valence-electron chi connectivity index (χ1n) is 24.5. The molecule has 326 valence electrons. The first-order valence-corrected chi connectivity index (χ1v) is 24.5. The summed E-state index contributed by atoms with van der Waals surface area (Å²) in [6, 6.07) is 60.7. The summed E-state index contributed by atoms with van der Waals surface area (Å²) in [5, 5.41) is 2.57. The molecule has 2 nitrogen and oxygen atoms in total. The summed E-state index contributed by atoms with van der Waals surface area (Å²) < 4.78 is 0. The van der Waals surface area contributed by atoms with Crippen LogP contribution in [-0.2, 0) is 21.7 Å². The molecule has 2 heterocycles. The molecule has 2 aliphatic heterocycles. The average molecular weight is 857 g/mol. The molecular weight excluding hydrogens is 796 g/mol. The van der Waals surface area contributed by atoms with Gasteiger partial charge in [0.25, 0.3) is 0 Å². The van der Waals surface area contributed by atoms with Crippen molar-refractivity contribution in [1.29, 1.82) is 0 Å². The third kappa shape index (κ3) is 6.14. The Morgan fingerprint density at radius 2 is 0.924 bits per heavy atom. The van der Waals surface area contributed by atoms with Gasteiger partial charge in [0.15, 0.2) is 0 Å². The van der Waals surface area contributed by atoms with Crippen LogP contribution in [0.15, 0.2) is 158 Å². The Morgan fingerprint density at radius 1 is 0.424 bits per heavy atom. The lowest BCUT2D eigenvalue weighted by Gasteiger charge is -2.50. The predicted octanol–water partition coefficient (Wildman–Crippen LogP) is 15.9. The molecule has 0 radical (unpaired) electrons. The van der Waals surface area contributed by atoms with Gasteiger partial charge in [0, 0.05) is 33.7 Å². The van der Waals surface area contributed by atoms with E-state index in [0.29, 0.717) is 0 Å². The maximum Gasteiger partial charge on any atom is 0.333 e. The fourth-order valence-corrected chi connectivity index (χ4v) is 12.5. The summed E-state index contributed by atoms with van der Waals surface area (Å²) in [6.07, 6.45) is 4.67. The molecule has 0 saturated carbocycles.